The minimum atomic E-state index is -0.256. The Kier molecular flexibility index (Phi) is 6.85. The van der Waals surface area contributed by atoms with Crippen molar-refractivity contribution >= 4 is 28.6 Å². The highest BCUT2D eigenvalue weighted by atomic mass is 16.2. The number of hydrogen-bond donors (Lipinski definition) is 4. The van der Waals surface area contributed by atoms with E-state index in [0.717, 1.165) is 55.0 Å². The molecule has 0 spiro atoms. The summed E-state index contributed by atoms with van der Waals surface area (Å²) in [5.41, 5.74) is 13.1. The molecule has 1 aromatic heterocycles. The summed E-state index contributed by atoms with van der Waals surface area (Å²) in [5, 5.41) is 7.31. The van der Waals surface area contributed by atoms with Gasteiger partial charge in [-0.15, -0.1) is 0 Å². The first kappa shape index (κ1) is 20.8. The molecule has 0 radical (unpaired) electrons. The molecule has 6 N–H and O–H groups in total. The lowest BCUT2D eigenvalue weighted by atomic mass is 9.90. The van der Waals surface area contributed by atoms with Gasteiger partial charge in [0.15, 0.2) is 5.96 Å². The number of aliphatic imine (C=N–C) groups is 1. The van der Waals surface area contributed by atoms with Gasteiger partial charge in [0.2, 0.25) is 5.82 Å². The quantitative estimate of drug-likeness (QED) is 0.322. The van der Waals surface area contributed by atoms with E-state index in [-0.39, 0.29) is 29.8 Å². The third kappa shape index (κ3) is 5.34. The SMILES string of the molecule is CCCCNC(=O)c1nc(NC2CCCCC2N=C(N)N)c2cc(C)ccc2n1. The standard InChI is InChI=1S/C21H31N7O/c1-3-4-11-24-20(29)19-25-15-10-9-13(2)12-14(15)18(28-19)26-16-7-5-6-8-17(16)27-21(22)23/h9-10,12,16-17H,3-8,11H2,1-2H3,(H,24,29)(H4,22,23,27)(H,25,26,28). The first-order valence-corrected chi connectivity index (χ1v) is 10.4. The molecule has 2 aromatic rings. The van der Waals surface area contributed by atoms with Gasteiger partial charge in [-0.1, -0.05) is 37.8 Å². The van der Waals surface area contributed by atoms with E-state index >= 15 is 0 Å². The molecule has 29 heavy (non-hydrogen) atoms. The summed E-state index contributed by atoms with van der Waals surface area (Å²) in [7, 11) is 0. The number of nitrogens with zero attached hydrogens (tertiary/aromatic N) is 3. The molecule has 1 saturated carbocycles. The van der Waals surface area contributed by atoms with Gasteiger partial charge in [-0.3, -0.25) is 4.79 Å². The largest absolute Gasteiger partial charge is 0.370 e. The fourth-order valence-electron chi connectivity index (χ4n) is 3.71. The number of hydrogen-bond acceptors (Lipinski definition) is 5. The van der Waals surface area contributed by atoms with Gasteiger partial charge in [0.05, 0.1) is 17.6 Å². The van der Waals surface area contributed by atoms with Crippen LogP contribution in [0.25, 0.3) is 10.9 Å². The first-order chi connectivity index (χ1) is 14.0. The van der Waals surface area contributed by atoms with Gasteiger partial charge in [0.25, 0.3) is 5.91 Å². The Morgan fingerprint density at radius 1 is 1.24 bits per heavy atom. The highest BCUT2D eigenvalue weighted by molar-refractivity contribution is 5.96. The molecule has 1 aromatic carbocycles. The maximum Gasteiger partial charge on any atom is 0.289 e. The smallest absolute Gasteiger partial charge is 0.289 e. The van der Waals surface area contributed by atoms with Gasteiger partial charge >= 0.3 is 0 Å². The molecule has 8 nitrogen and oxygen atoms in total. The zero-order valence-electron chi connectivity index (χ0n) is 17.2. The molecule has 1 amide bonds. The molecular weight excluding hydrogens is 366 g/mol. The Labute approximate surface area is 171 Å². The lowest BCUT2D eigenvalue weighted by Gasteiger charge is -2.30. The van der Waals surface area contributed by atoms with Crippen LogP contribution >= 0.6 is 0 Å². The predicted octanol–water partition coefficient (Wildman–Crippen LogP) is 2.46. The number of nitrogens with one attached hydrogen (secondary N) is 2. The van der Waals surface area contributed by atoms with Crippen LogP contribution < -0.4 is 22.1 Å². The third-order valence-electron chi connectivity index (χ3n) is 5.24. The van der Waals surface area contributed by atoms with Gasteiger partial charge in [-0.25, -0.2) is 15.0 Å². The fourth-order valence-corrected chi connectivity index (χ4v) is 3.71. The number of aromatic nitrogens is 2. The van der Waals surface area contributed by atoms with Crippen molar-refractivity contribution in [1.82, 2.24) is 15.3 Å². The Morgan fingerprint density at radius 3 is 2.79 bits per heavy atom. The van der Waals surface area contributed by atoms with E-state index < -0.39 is 0 Å². The summed E-state index contributed by atoms with van der Waals surface area (Å²) in [6, 6.07) is 6.00. The van der Waals surface area contributed by atoms with Crippen LogP contribution in [0.2, 0.25) is 0 Å². The molecule has 1 fully saturated rings. The van der Waals surface area contributed by atoms with E-state index in [1.165, 1.54) is 0 Å². The molecule has 8 heteroatoms. The number of guanidine groups is 1. The summed E-state index contributed by atoms with van der Waals surface area (Å²) in [5.74, 6) is 0.674. The van der Waals surface area contributed by atoms with Gasteiger partial charge in [-0.05, 0) is 38.3 Å². The average molecular weight is 398 g/mol. The number of carbonyl (C=O) groups is 1. The highest BCUT2D eigenvalue weighted by Crippen LogP contribution is 2.28. The Hall–Kier alpha value is -2.90. The van der Waals surface area contributed by atoms with Crippen LogP contribution in [0.5, 0.6) is 0 Å². The van der Waals surface area contributed by atoms with Crippen LogP contribution in [-0.4, -0.2) is 40.5 Å². The normalized spacial score (nSPS) is 19.0. The second-order valence-electron chi connectivity index (χ2n) is 7.68. The van der Waals surface area contributed by atoms with Crippen molar-refractivity contribution in [3.8, 4) is 0 Å². The number of carbonyl (C=O) groups excluding carboxylic acids is 1. The van der Waals surface area contributed by atoms with Crippen molar-refractivity contribution < 1.29 is 4.79 Å². The molecule has 1 aliphatic carbocycles. The number of anilines is 1. The topological polar surface area (TPSA) is 131 Å². The Morgan fingerprint density at radius 2 is 2.03 bits per heavy atom. The zero-order valence-corrected chi connectivity index (χ0v) is 17.2. The second kappa shape index (κ2) is 9.54. The maximum atomic E-state index is 12.6. The molecule has 0 bridgehead atoms. The molecule has 0 aliphatic heterocycles. The number of aryl methyl sites for hydroxylation is 1. The van der Waals surface area contributed by atoms with E-state index in [0.29, 0.717) is 12.4 Å². The molecule has 2 atom stereocenters. The molecule has 1 aliphatic rings. The van der Waals surface area contributed by atoms with Gasteiger partial charge in [0, 0.05) is 11.9 Å². The minimum absolute atomic E-state index is 0.00888. The number of fused-ring (bicyclic) bond motifs is 1. The monoisotopic (exact) mass is 397 g/mol. The van der Waals surface area contributed by atoms with Crippen molar-refractivity contribution in [1.29, 1.82) is 0 Å². The third-order valence-corrected chi connectivity index (χ3v) is 5.24. The van der Waals surface area contributed by atoms with Crippen molar-refractivity contribution in [3.05, 3.63) is 29.6 Å². The van der Waals surface area contributed by atoms with E-state index in [1.807, 2.05) is 25.1 Å². The molecular formula is C21H31N7O. The van der Waals surface area contributed by atoms with Crippen LogP contribution in [0.4, 0.5) is 5.82 Å². The number of benzene rings is 1. The van der Waals surface area contributed by atoms with E-state index in [2.05, 4.69) is 32.5 Å². The van der Waals surface area contributed by atoms with Crippen LogP contribution in [0.3, 0.4) is 0 Å². The van der Waals surface area contributed by atoms with Crippen LogP contribution in [-0.2, 0) is 0 Å². The Bertz CT molecular complexity index is 892. The number of nitrogens with two attached hydrogens (primary N) is 2. The van der Waals surface area contributed by atoms with Gasteiger partial charge in [-0.2, -0.15) is 0 Å². The highest BCUT2D eigenvalue weighted by Gasteiger charge is 2.26. The molecule has 156 valence electrons. The molecule has 2 unspecified atom stereocenters. The minimum Gasteiger partial charge on any atom is -0.370 e. The van der Waals surface area contributed by atoms with Gasteiger partial charge in [0.1, 0.15) is 5.82 Å². The lowest BCUT2D eigenvalue weighted by molar-refractivity contribution is 0.0943. The summed E-state index contributed by atoms with van der Waals surface area (Å²) >= 11 is 0. The van der Waals surface area contributed by atoms with Crippen molar-refractivity contribution in [2.75, 3.05) is 11.9 Å². The number of amides is 1. The van der Waals surface area contributed by atoms with Crippen molar-refractivity contribution in [3.63, 3.8) is 0 Å². The first-order valence-electron chi connectivity index (χ1n) is 10.4. The maximum absolute atomic E-state index is 12.6. The van der Waals surface area contributed by atoms with E-state index in [9.17, 15) is 4.79 Å². The van der Waals surface area contributed by atoms with Crippen LogP contribution in [0, 0.1) is 6.92 Å². The number of rotatable bonds is 7. The van der Waals surface area contributed by atoms with Crippen molar-refractivity contribution in [2.24, 2.45) is 16.5 Å². The molecule has 0 saturated heterocycles. The fraction of sp³-hybridized carbons (Fsp3) is 0.524. The zero-order chi connectivity index (χ0) is 20.8. The average Bonchev–Trinajstić information content (AvgIpc) is 2.69. The predicted molar refractivity (Wildman–Crippen MR) is 117 cm³/mol. The van der Waals surface area contributed by atoms with Crippen LogP contribution in [0.15, 0.2) is 23.2 Å². The number of unbranched alkanes of at least 4 members (excludes halogenated alkanes) is 1. The molecule has 3 rings (SSSR count). The molecule has 1 heterocycles. The summed E-state index contributed by atoms with van der Waals surface area (Å²) in [6.45, 7) is 4.72. The summed E-state index contributed by atoms with van der Waals surface area (Å²) < 4.78 is 0. The van der Waals surface area contributed by atoms with E-state index in [4.69, 9.17) is 11.5 Å². The van der Waals surface area contributed by atoms with Crippen molar-refractivity contribution in [2.45, 2.75) is 64.5 Å². The van der Waals surface area contributed by atoms with E-state index in [1.54, 1.807) is 0 Å². The summed E-state index contributed by atoms with van der Waals surface area (Å²) in [4.78, 5) is 26.0. The van der Waals surface area contributed by atoms with Crippen LogP contribution in [0.1, 0.15) is 61.6 Å². The Balaban J connectivity index is 1.94. The van der Waals surface area contributed by atoms with Gasteiger partial charge < -0.3 is 22.1 Å². The lowest BCUT2D eigenvalue weighted by Crippen LogP contribution is -2.38. The summed E-state index contributed by atoms with van der Waals surface area (Å²) in [6.07, 6.45) is 5.98. The second-order valence-corrected chi connectivity index (χ2v) is 7.68.